The fourth-order valence-corrected chi connectivity index (χ4v) is 7.49. The number of H-pyrrole nitrogens is 1. The maximum atomic E-state index is 14.5. The van der Waals surface area contributed by atoms with E-state index in [2.05, 4.69) is 20.6 Å². The first-order valence-corrected chi connectivity index (χ1v) is 17.6. The molecule has 2 aliphatic heterocycles. The Labute approximate surface area is 291 Å². The molecule has 50 heavy (non-hydrogen) atoms. The molecular weight excluding hydrogens is 661 g/mol. The number of hydrogen-bond donors (Lipinski definition) is 4. The van der Waals surface area contributed by atoms with Crippen molar-refractivity contribution < 1.29 is 29.0 Å². The van der Waals surface area contributed by atoms with Gasteiger partial charge in [0.05, 0.1) is 13.2 Å². The zero-order valence-corrected chi connectivity index (χ0v) is 28.3. The van der Waals surface area contributed by atoms with Crippen molar-refractivity contribution in [3.05, 3.63) is 72.0 Å². The van der Waals surface area contributed by atoms with Crippen LogP contribution in [0.4, 0.5) is 0 Å². The molecule has 0 radical (unpaired) electrons. The first-order valence-electron chi connectivity index (χ1n) is 16.8. The molecule has 1 aliphatic carbocycles. The summed E-state index contributed by atoms with van der Waals surface area (Å²) in [7, 11) is 1.59. The van der Waals surface area contributed by atoms with Crippen molar-refractivity contribution in [3.8, 4) is 27.7 Å². The van der Waals surface area contributed by atoms with E-state index in [9.17, 15) is 24.3 Å². The summed E-state index contributed by atoms with van der Waals surface area (Å²) in [6.45, 7) is 0.0727. The van der Waals surface area contributed by atoms with Crippen LogP contribution >= 0.6 is 11.3 Å². The lowest BCUT2D eigenvalue weighted by Gasteiger charge is -2.29. The van der Waals surface area contributed by atoms with Gasteiger partial charge in [0, 0.05) is 42.2 Å². The number of fused-ring (bicyclic) bond motifs is 2. The van der Waals surface area contributed by atoms with Crippen LogP contribution in [-0.2, 0) is 14.4 Å². The Bertz CT molecular complexity index is 1890. The lowest BCUT2D eigenvalue weighted by Crippen LogP contribution is -2.56. The van der Waals surface area contributed by atoms with Gasteiger partial charge in [0.2, 0.25) is 11.8 Å². The minimum atomic E-state index is -1.44. The number of benzene rings is 1. The van der Waals surface area contributed by atoms with Gasteiger partial charge in [-0.15, -0.1) is 16.4 Å². The van der Waals surface area contributed by atoms with E-state index < -0.39 is 47.4 Å². The largest absolute Gasteiger partial charge is 0.497 e. The third-order valence-electron chi connectivity index (χ3n) is 9.74. The zero-order valence-electron chi connectivity index (χ0n) is 27.4. The van der Waals surface area contributed by atoms with E-state index in [1.165, 1.54) is 21.0 Å². The summed E-state index contributed by atoms with van der Waals surface area (Å²) in [5.41, 5.74) is 0.797. The number of aromatic amines is 1. The summed E-state index contributed by atoms with van der Waals surface area (Å²) < 4.78 is 5.33. The molecule has 1 aromatic carbocycles. The predicted molar refractivity (Wildman–Crippen MR) is 183 cm³/mol. The molecule has 0 unspecified atom stereocenters. The average molecular weight is 699 g/mol. The molecule has 3 aliphatic rings. The van der Waals surface area contributed by atoms with Crippen molar-refractivity contribution in [3.63, 3.8) is 0 Å². The maximum Gasteiger partial charge on any atom is 0.330 e. The van der Waals surface area contributed by atoms with Gasteiger partial charge >= 0.3 is 5.97 Å². The first kappa shape index (κ1) is 33.2. The van der Waals surface area contributed by atoms with Crippen molar-refractivity contribution in [1.82, 2.24) is 40.5 Å². The highest BCUT2D eigenvalue weighted by Crippen LogP contribution is 2.45. The van der Waals surface area contributed by atoms with Crippen LogP contribution in [0.25, 0.3) is 22.0 Å². The summed E-state index contributed by atoms with van der Waals surface area (Å²) in [5.74, 6) is -2.18. The summed E-state index contributed by atoms with van der Waals surface area (Å²) in [6, 6.07) is 8.28. The molecule has 5 heterocycles. The van der Waals surface area contributed by atoms with Crippen molar-refractivity contribution in [1.29, 1.82) is 0 Å². The molecule has 3 aromatic heterocycles. The number of thiazole rings is 1. The summed E-state index contributed by atoms with van der Waals surface area (Å²) in [6.07, 6.45) is 11.0. The molecule has 3 amide bonds. The Kier molecular flexibility index (Phi) is 9.23. The normalized spacial score (nSPS) is 26.1. The van der Waals surface area contributed by atoms with E-state index >= 15 is 0 Å². The number of nitrogens with one attached hydrogen (secondary N) is 3. The highest BCUT2D eigenvalue weighted by molar-refractivity contribution is 7.13. The number of nitrogens with zero attached hydrogens (tertiary/aromatic N) is 5. The molecule has 260 valence electrons. The van der Waals surface area contributed by atoms with Gasteiger partial charge in [-0.25, -0.2) is 9.78 Å². The Morgan fingerprint density at radius 2 is 1.92 bits per heavy atom. The SMILES string of the molecule is COc1ccc(-c2nn([C@@H]3C[C@H]4C(=O)N[C@]5(C(=O)O)C[C@@H]5/C=C\CCCCC[C@H](NC(=O)c5ccc[nH]5)C(=O)N4C3)nc2-c2nccs2)cc1. The number of carbonyl (C=O) groups excluding carboxylic acids is 3. The quantitative estimate of drug-likeness (QED) is 0.208. The van der Waals surface area contributed by atoms with Gasteiger partial charge in [0.1, 0.15) is 45.5 Å². The molecule has 15 heteroatoms. The molecule has 14 nitrogen and oxygen atoms in total. The van der Waals surface area contributed by atoms with Gasteiger partial charge in [-0.05, 0) is 62.1 Å². The molecule has 4 aromatic rings. The fourth-order valence-electron chi connectivity index (χ4n) is 6.87. The number of rotatable bonds is 7. The summed E-state index contributed by atoms with van der Waals surface area (Å²) >= 11 is 1.42. The third-order valence-corrected chi connectivity index (χ3v) is 10.5. The predicted octanol–water partition coefficient (Wildman–Crippen LogP) is 3.83. The van der Waals surface area contributed by atoms with Gasteiger partial charge in [0.15, 0.2) is 0 Å². The van der Waals surface area contributed by atoms with Gasteiger partial charge in [-0.2, -0.15) is 9.90 Å². The number of amides is 3. The van der Waals surface area contributed by atoms with Gasteiger partial charge < -0.3 is 30.4 Å². The highest BCUT2D eigenvalue weighted by Gasteiger charge is 2.61. The van der Waals surface area contributed by atoms with Crippen molar-refractivity contribution >= 4 is 35.0 Å². The lowest BCUT2D eigenvalue weighted by molar-refractivity contribution is -0.145. The van der Waals surface area contributed by atoms with E-state index in [1.54, 1.807) is 31.6 Å². The molecule has 7 rings (SSSR count). The first-order chi connectivity index (χ1) is 24.3. The Morgan fingerprint density at radius 1 is 1.10 bits per heavy atom. The van der Waals surface area contributed by atoms with Crippen LogP contribution in [0.15, 0.2) is 66.3 Å². The van der Waals surface area contributed by atoms with Crippen molar-refractivity contribution in [2.24, 2.45) is 5.92 Å². The standard InChI is InChI=1S/C35H38N8O6S/c1-49-24-13-11-21(12-14-24)28-29(32-37-16-17-50-32)41-43(40-28)23-18-27-31(45)39-35(34(47)48)19-22(35)8-5-3-2-4-6-9-26(33(46)42(27)20-23)38-30(44)25-10-7-15-36-25/h5,7-8,10-17,22-23,26-27,36H,2-4,6,9,18-20H2,1H3,(H,38,44)(H,39,45)(H,47,48)/b8-5-/t22-,23+,26-,27-,35+/m0/s1. The lowest BCUT2D eigenvalue weighted by atomic mass is 10.0. The highest BCUT2D eigenvalue weighted by atomic mass is 32.1. The van der Waals surface area contributed by atoms with Crippen LogP contribution in [0.3, 0.4) is 0 Å². The molecule has 5 atom stereocenters. The molecule has 0 bridgehead atoms. The maximum absolute atomic E-state index is 14.5. The van der Waals surface area contributed by atoms with Crippen LogP contribution in [0.5, 0.6) is 5.75 Å². The van der Waals surface area contributed by atoms with E-state index in [0.717, 1.165) is 24.8 Å². The second-order valence-corrected chi connectivity index (χ2v) is 13.8. The molecule has 2 fully saturated rings. The second-order valence-electron chi connectivity index (χ2n) is 12.9. The Balaban J connectivity index is 1.24. The molecule has 0 spiro atoms. The zero-order chi connectivity index (χ0) is 34.8. The van der Waals surface area contributed by atoms with Gasteiger partial charge in [-0.3, -0.25) is 14.4 Å². The summed E-state index contributed by atoms with van der Waals surface area (Å²) in [4.78, 5) is 64.6. The van der Waals surface area contributed by atoms with Crippen LogP contribution in [0, 0.1) is 5.92 Å². The molecule has 1 saturated carbocycles. The van der Waals surface area contributed by atoms with Crippen LogP contribution in [0.2, 0.25) is 0 Å². The van der Waals surface area contributed by atoms with Crippen LogP contribution < -0.4 is 15.4 Å². The fraction of sp³-hybridized carbons (Fsp3) is 0.400. The summed E-state index contributed by atoms with van der Waals surface area (Å²) in [5, 5.41) is 28.2. The Hall–Kier alpha value is -5.31. The molecular formula is C35H38N8O6S. The number of aromatic nitrogens is 5. The van der Waals surface area contributed by atoms with Crippen LogP contribution in [0.1, 0.15) is 61.5 Å². The minimum absolute atomic E-state index is 0.0727. The molecule has 4 N–H and O–H groups in total. The number of ether oxygens (including phenoxy) is 1. The van der Waals surface area contributed by atoms with E-state index in [1.807, 2.05) is 41.8 Å². The second kappa shape index (κ2) is 13.9. The smallest absolute Gasteiger partial charge is 0.330 e. The molecule has 1 saturated heterocycles. The van der Waals surface area contributed by atoms with Gasteiger partial charge in [0.25, 0.3) is 5.91 Å². The average Bonchev–Trinajstić information content (AvgIpc) is 3.77. The van der Waals surface area contributed by atoms with Crippen molar-refractivity contribution in [2.45, 2.75) is 68.6 Å². The number of aliphatic carboxylic acids is 1. The monoisotopic (exact) mass is 698 g/mol. The van der Waals surface area contributed by atoms with E-state index in [-0.39, 0.29) is 25.3 Å². The number of carbonyl (C=O) groups is 4. The topological polar surface area (TPSA) is 184 Å². The Morgan fingerprint density at radius 3 is 2.64 bits per heavy atom. The van der Waals surface area contributed by atoms with Gasteiger partial charge in [-0.1, -0.05) is 25.0 Å². The van der Waals surface area contributed by atoms with Crippen LogP contribution in [-0.4, -0.2) is 89.9 Å². The number of allylic oxidation sites excluding steroid dienone is 1. The van der Waals surface area contributed by atoms with Crippen molar-refractivity contribution in [2.75, 3.05) is 13.7 Å². The number of carboxylic acid groups (broad SMARTS) is 1. The minimum Gasteiger partial charge on any atom is -0.497 e. The number of hydrogen-bond acceptors (Lipinski definition) is 9. The third kappa shape index (κ3) is 6.52. The van der Waals surface area contributed by atoms with E-state index in [0.29, 0.717) is 40.7 Å². The number of methoxy groups -OCH3 is 1. The number of carboxylic acids is 1. The van der Waals surface area contributed by atoms with E-state index in [4.69, 9.17) is 14.9 Å².